The normalized spacial score (nSPS) is 10.4. The minimum absolute atomic E-state index is 0.251. The second-order valence-corrected chi connectivity index (χ2v) is 3.89. The molecule has 0 fully saturated rings. The first-order valence-electron chi connectivity index (χ1n) is 5.94. The van der Waals surface area contributed by atoms with E-state index in [1.165, 1.54) is 6.07 Å². The van der Waals surface area contributed by atoms with Crippen LogP contribution in [0.15, 0.2) is 42.5 Å². The van der Waals surface area contributed by atoms with Gasteiger partial charge in [0.15, 0.2) is 0 Å². The zero-order valence-corrected chi connectivity index (χ0v) is 10.3. The Kier molecular flexibility index (Phi) is 3.89. The zero-order valence-electron chi connectivity index (χ0n) is 10.3. The van der Waals surface area contributed by atoms with Crippen molar-refractivity contribution in [2.75, 3.05) is 11.4 Å². The summed E-state index contributed by atoms with van der Waals surface area (Å²) in [5.41, 5.74) is 6.90. The van der Waals surface area contributed by atoms with Crippen molar-refractivity contribution in [3.8, 4) is 0 Å². The van der Waals surface area contributed by atoms with Gasteiger partial charge in [-0.1, -0.05) is 18.2 Å². The summed E-state index contributed by atoms with van der Waals surface area (Å²) in [6, 6.07) is 12.3. The number of rotatable bonds is 4. The molecule has 0 aliphatic rings. The molecular formula is C14H16FN3. The summed E-state index contributed by atoms with van der Waals surface area (Å²) in [7, 11) is 0. The van der Waals surface area contributed by atoms with E-state index < -0.39 is 0 Å². The molecule has 0 aliphatic heterocycles. The number of aromatic nitrogens is 1. The van der Waals surface area contributed by atoms with Crippen molar-refractivity contribution >= 4 is 11.5 Å². The molecule has 1 aromatic heterocycles. The van der Waals surface area contributed by atoms with E-state index in [9.17, 15) is 4.39 Å². The largest absolute Gasteiger partial charge is 0.325 e. The van der Waals surface area contributed by atoms with E-state index in [0.29, 0.717) is 24.6 Å². The summed E-state index contributed by atoms with van der Waals surface area (Å²) < 4.78 is 13.8. The molecule has 0 aliphatic carbocycles. The van der Waals surface area contributed by atoms with Crippen LogP contribution in [0.25, 0.3) is 0 Å². The summed E-state index contributed by atoms with van der Waals surface area (Å²) in [5, 5.41) is 0. The molecule has 2 aromatic rings. The highest BCUT2D eigenvalue weighted by Crippen LogP contribution is 2.25. The number of benzene rings is 1. The van der Waals surface area contributed by atoms with Crippen LogP contribution in [0.2, 0.25) is 0 Å². The number of hydrogen-bond acceptors (Lipinski definition) is 3. The van der Waals surface area contributed by atoms with Gasteiger partial charge < -0.3 is 10.6 Å². The Morgan fingerprint density at radius 2 is 1.94 bits per heavy atom. The molecular weight excluding hydrogens is 229 g/mol. The summed E-state index contributed by atoms with van der Waals surface area (Å²) in [6.45, 7) is 2.98. The van der Waals surface area contributed by atoms with Gasteiger partial charge in [-0.3, -0.25) is 0 Å². The van der Waals surface area contributed by atoms with Crippen LogP contribution in [-0.2, 0) is 6.54 Å². The first-order valence-corrected chi connectivity index (χ1v) is 5.94. The van der Waals surface area contributed by atoms with Gasteiger partial charge in [0.25, 0.3) is 0 Å². The number of hydrogen-bond donors (Lipinski definition) is 1. The van der Waals surface area contributed by atoms with E-state index in [4.69, 9.17) is 5.73 Å². The SMILES string of the molecule is CCN(c1cccc(CN)n1)c1ccccc1F. The minimum Gasteiger partial charge on any atom is -0.325 e. The highest BCUT2D eigenvalue weighted by molar-refractivity contribution is 5.60. The third-order valence-electron chi connectivity index (χ3n) is 2.74. The zero-order chi connectivity index (χ0) is 13.0. The third-order valence-corrected chi connectivity index (χ3v) is 2.74. The van der Waals surface area contributed by atoms with Crippen LogP contribution in [0.5, 0.6) is 0 Å². The van der Waals surface area contributed by atoms with E-state index in [1.54, 1.807) is 12.1 Å². The van der Waals surface area contributed by atoms with E-state index in [2.05, 4.69) is 4.98 Å². The lowest BCUT2D eigenvalue weighted by molar-refractivity contribution is 0.625. The molecule has 0 spiro atoms. The average Bonchev–Trinajstić information content (AvgIpc) is 2.42. The lowest BCUT2D eigenvalue weighted by Crippen LogP contribution is -2.19. The Labute approximate surface area is 106 Å². The molecule has 1 aromatic carbocycles. The molecule has 0 radical (unpaired) electrons. The molecule has 2 rings (SSSR count). The van der Waals surface area contributed by atoms with Gasteiger partial charge in [-0.2, -0.15) is 0 Å². The van der Waals surface area contributed by atoms with Crippen molar-refractivity contribution in [1.82, 2.24) is 4.98 Å². The topological polar surface area (TPSA) is 42.1 Å². The summed E-state index contributed by atoms with van der Waals surface area (Å²) in [4.78, 5) is 6.24. The Bertz CT molecular complexity index is 528. The average molecular weight is 245 g/mol. The van der Waals surface area contributed by atoms with Crippen molar-refractivity contribution in [1.29, 1.82) is 0 Å². The van der Waals surface area contributed by atoms with Gasteiger partial charge >= 0.3 is 0 Å². The Morgan fingerprint density at radius 3 is 2.61 bits per heavy atom. The van der Waals surface area contributed by atoms with Gasteiger partial charge in [-0.15, -0.1) is 0 Å². The Morgan fingerprint density at radius 1 is 1.17 bits per heavy atom. The number of anilines is 2. The van der Waals surface area contributed by atoms with E-state index >= 15 is 0 Å². The van der Waals surface area contributed by atoms with Crippen LogP contribution in [0.3, 0.4) is 0 Å². The van der Waals surface area contributed by atoms with Crippen molar-refractivity contribution in [2.24, 2.45) is 5.73 Å². The van der Waals surface area contributed by atoms with Gasteiger partial charge in [0.1, 0.15) is 11.6 Å². The number of para-hydroxylation sites is 1. The Hall–Kier alpha value is -1.94. The van der Waals surface area contributed by atoms with E-state index in [-0.39, 0.29) is 5.82 Å². The molecule has 3 nitrogen and oxygen atoms in total. The quantitative estimate of drug-likeness (QED) is 0.900. The van der Waals surface area contributed by atoms with Crippen LogP contribution in [0.4, 0.5) is 15.9 Å². The fraction of sp³-hybridized carbons (Fsp3) is 0.214. The van der Waals surface area contributed by atoms with Crippen molar-refractivity contribution in [3.63, 3.8) is 0 Å². The molecule has 1 heterocycles. The maximum atomic E-state index is 13.8. The second kappa shape index (κ2) is 5.60. The molecule has 18 heavy (non-hydrogen) atoms. The van der Waals surface area contributed by atoms with Gasteiger partial charge in [-0.25, -0.2) is 9.37 Å². The molecule has 2 N–H and O–H groups in total. The second-order valence-electron chi connectivity index (χ2n) is 3.89. The predicted molar refractivity (Wildman–Crippen MR) is 71.2 cm³/mol. The number of nitrogens with zero attached hydrogens (tertiary/aromatic N) is 2. The van der Waals surface area contributed by atoms with E-state index in [1.807, 2.05) is 36.1 Å². The lowest BCUT2D eigenvalue weighted by Gasteiger charge is -2.22. The van der Waals surface area contributed by atoms with Crippen LogP contribution in [0.1, 0.15) is 12.6 Å². The van der Waals surface area contributed by atoms with Crippen LogP contribution in [0, 0.1) is 5.82 Å². The first kappa shape index (κ1) is 12.5. The van der Waals surface area contributed by atoms with Crippen LogP contribution < -0.4 is 10.6 Å². The predicted octanol–water partition coefficient (Wildman–Crippen LogP) is 2.84. The molecule has 0 bridgehead atoms. The van der Waals surface area contributed by atoms with Gasteiger partial charge in [0.2, 0.25) is 0 Å². The molecule has 0 unspecified atom stereocenters. The molecule has 0 saturated carbocycles. The lowest BCUT2D eigenvalue weighted by atomic mass is 10.2. The standard InChI is InChI=1S/C14H16FN3/c1-2-18(13-8-4-3-7-12(13)15)14-9-5-6-11(10-16)17-14/h3-9H,2,10,16H2,1H3. The highest BCUT2D eigenvalue weighted by Gasteiger charge is 2.12. The molecule has 4 heteroatoms. The molecule has 94 valence electrons. The van der Waals surface area contributed by atoms with Crippen LogP contribution in [-0.4, -0.2) is 11.5 Å². The van der Waals surface area contributed by atoms with E-state index in [0.717, 1.165) is 5.69 Å². The smallest absolute Gasteiger partial charge is 0.146 e. The highest BCUT2D eigenvalue weighted by atomic mass is 19.1. The minimum atomic E-state index is -0.251. The Balaban J connectivity index is 2.42. The fourth-order valence-electron chi connectivity index (χ4n) is 1.86. The number of nitrogens with two attached hydrogens (primary N) is 1. The van der Waals surface area contributed by atoms with Crippen molar-refractivity contribution in [3.05, 3.63) is 54.0 Å². The molecule has 0 amide bonds. The van der Waals surface area contributed by atoms with Crippen LogP contribution >= 0.6 is 0 Å². The van der Waals surface area contributed by atoms with Gasteiger partial charge in [-0.05, 0) is 31.2 Å². The van der Waals surface area contributed by atoms with Crippen molar-refractivity contribution in [2.45, 2.75) is 13.5 Å². The van der Waals surface area contributed by atoms with Gasteiger partial charge in [0.05, 0.1) is 11.4 Å². The van der Waals surface area contributed by atoms with Crippen molar-refractivity contribution < 1.29 is 4.39 Å². The third kappa shape index (κ3) is 2.49. The molecule has 0 atom stereocenters. The summed E-state index contributed by atoms with van der Waals surface area (Å²) >= 11 is 0. The van der Waals surface area contributed by atoms with Gasteiger partial charge in [0, 0.05) is 13.1 Å². The number of halogens is 1. The first-order chi connectivity index (χ1) is 8.76. The summed E-state index contributed by atoms with van der Waals surface area (Å²) in [6.07, 6.45) is 0. The number of pyridine rings is 1. The maximum absolute atomic E-state index is 13.8. The molecule has 0 saturated heterocycles. The monoisotopic (exact) mass is 245 g/mol. The summed E-state index contributed by atoms with van der Waals surface area (Å²) in [5.74, 6) is 0.463. The fourth-order valence-corrected chi connectivity index (χ4v) is 1.86. The maximum Gasteiger partial charge on any atom is 0.146 e.